The molecule has 7 heteroatoms. The van der Waals surface area contributed by atoms with E-state index in [4.69, 9.17) is 18.6 Å². The monoisotopic (exact) mass is 388 g/mol. The highest BCUT2D eigenvalue weighted by molar-refractivity contribution is 5.85. The molecule has 0 amide bonds. The molecule has 0 saturated carbocycles. The molecule has 7 nitrogen and oxygen atoms in total. The summed E-state index contributed by atoms with van der Waals surface area (Å²) < 4.78 is 21.9. The molecular weight excluding hydrogens is 360 g/mol. The van der Waals surface area contributed by atoms with Crippen molar-refractivity contribution in [2.45, 2.75) is 25.9 Å². The van der Waals surface area contributed by atoms with Gasteiger partial charge in [0, 0.05) is 50.2 Å². The third-order valence-corrected chi connectivity index (χ3v) is 5.88. The molecule has 1 saturated heterocycles. The number of benzene rings is 1. The molecule has 4 rings (SSSR count). The van der Waals surface area contributed by atoms with E-state index >= 15 is 0 Å². The Bertz CT molecular complexity index is 904. The van der Waals surface area contributed by atoms with Gasteiger partial charge < -0.3 is 18.6 Å². The van der Waals surface area contributed by atoms with Crippen LogP contribution >= 0.6 is 0 Å². The first-order valence-corrected chi connectivity index (χ1v) is 9.85. The molecule has 2 aliphatic rings. The number of methoxy groups -OCH3 is 2. The summed E-state index contributed by atoms with van der Waals surface area (Å²) in [6, 6.07) is 4.09. The summed E-state index contributed by atoms with van der Waals surface area (Å²) in [6.45, 7) is 8.27. The van der Waals surface area contributed by atoms with E-state index < -0.39 is 0 Å². The predicted molar refractivity (Wildman–Crippen MR) is 106 cm³/mol. The first-order valence-electron chi connectivity index (χ1n) is 9.85. The molecule has 1 fully saturated rings. The van der Waals surface area contributed by atoms with E-state index in [0.29, 0.717) is 29.7 Å². The number of hydrogen-bond acceptors (Lipinski definition) is 7. The van der Waals surface area contributed by atoms with Gasteiger partial charge in [0.25, 0.3) is 0 Å². The van der Waals surface area contributed by atoms with Gasteiger partial charge in [-0.25, -0.2) is 4.79 Å². The highest BCUT2D eigenvalue weighted by Crippen LogP contribution is 2.35. The maximum Gasteiger partial charge on any atom is 0.341 e. The summed E-state index contributed by atoms with van der Waals surface area (Å²) in [4.78, 5) is 17.5. The zero-order valence-electron chi connectivity index (χ0n) is 16.8. The normalized spacial score (nSPS) is 19.4. The Morgan fingerprint density at radius 1 is 1.07 bits per heavy atom. The zero-order valence-corrected chi connectivity index (χ0v) is 16.8. The molecule has 0 aliphatic carbocycles. The van der Waals surface area contributed by atoms with Gasteiger partial charge in [-0.2, -0.15) is 0 Å². The Balaban J connectivity index is 1.59. The number of rotatable bonds is 5. The fourth-order valence-electron chi connectivity index (χ4n) is 4.31. The van der Waals surface area contributed by atoms with Gasteiger partial charge in [-0.3, -0.25) is 9.80 Å². The van der Waals surface area contributed by atoms with Crippen molar-refractivity contribution in [2.75, 3.05) is 53.6 Å². The lowest BCUT2D eigenvalue weighted by atomic mass is 9.97. The molecule has 0 radical (unpaired) electrons. The Kier molecular flexibility index (Phi) is 5.57. The second-order valence-electron chi connectivity index (χ2n) is 7.53. The molecule has 1 aromatic carbocycles. The maximum atomic E-state index is 12.7. The van der Waals surface area contributed by atoms with Crippen molar-refractivity contribution >= 4 is 11.0 Å². The fraction of sp³-hybridized carbons (Fsp3) is 0.571. The largest absolute Gasteiger partial charge is 0.493 e. The van der Waals surface area contributed by atoms with Crippen molar-refractivity contribution in [3.05, 3.63) is 33.7 Å². The SMILES string of the molecule is COc1cc2oc(=O)c3c(c2cc1OC)CCN(CC(C)N1CCOCC1)C3. The molecule has 0 bridgehead atoms. The number of hydrogen-bond donors (Lipinski definition) is 0. The lowest BCUT2D eigenvalue weighted by Gasteiger charge is -2.37. The lowest BCUT2D eigenvalue weighted by molar-refractivity contribution is 0.0114. The van der Waals surface area contributed by atoms with Crippen LogP contribution in [-0.4, -0.2) is 69.5 Å². The smallest absolute Gasteiger partial charge is 0.341 e. The Labute approximate surface area is 164 Å². The maximum absolute atomic E-state index is 12.7. The van der Waals surface area contributed by atoms with Crippen LogP contribution in [0.4, 0.5) is 0 Å². The van der Waals surface area contributed by atoms with Crippen LogP contribution in [0.25, 0.3) is 11.0 Å². The van der Waals surface area contributed by atoms with Gasteiger partial charge in [-0.15, -0.1) is 0 Å². The molecule has 0 N–H and O–H groups in total. The van der Waals surface area contributed by atoms with Crippen LogP contribution in [0, 0.1) is 0 Å². The second kappa shape index (κ2) is 8.11. The fourth-order valence-corrected chi connectivity index (χ4v) is 4.31. The summed E-state index contributed by atoms with van der Waals surface area (Å²) in [5.41, 5.74) is 2.14. The van der Waals surface area contributed by atoms with Gasteiger partial charge in [0.15, 0.2) is 11.5 Å². The van der Waals surface area contributed by atoms with Gasteiger partial charge in [0.1, 0.15) is 5.58 Å². The van der Waals surface area contributed by atoms with Crippen molar-refractivity contribution < 1.29 is 18.6 Å². The third kappa shape index (κ3) is 3.62. The molecule has 1 unspecified atom stereocenters. The number of fused-ring (bicyclic) bond motifs is 3. The Morgan fingerprint density at radius 2 is 1.79 bits per heavy atom. The summed E-state index contributed by atoms with van der Waals surface area (Å²) in [7, 11) is 3.19. The minimum absolute atomic E-state index is 0.251. The van der Waals surface area contributed by atoms with Gasteiger partial charge in [-0.1, -0.05) is 0 Å². The molecule has 152 valence electrons. The van der Waals surface area contributed by atoms with Gasteiger partial charge in [0.05, 0.1) is 33.0 Å². The van der Waals surface area contributed by atoms with Crippen molar-refractivity contribution in [1.82, 2.24) is 9.80 Å². The third-order valence-electron chi connectivity index (χ3n) is 5.88. The number of nitrogens with zero attached hydrogens (tertiary/aromatic N) is 2. The van der Waals surface area contributed by atoms with Crippen LogP contribution < -0.4 is 15.1 Å². The lowest BCUT2D eigenvalue weighted by Crippen LogP contribution is -2.48. The van der Waals surface area contributed by atoms with Crippen LogP contribution in [0.3, 0.4) is 0 Å². The molecule has 1 aromatic heterocycles. The number of ether oxygens (including phenoxy) is 3. The summed E-state index contributed by atoms with van der Waals surface area (Å²) in [5, 5.41) is 0.938. The standard InChI is InChI=1S/C21H28N2O5/c1-14(23-6-8-27-9-7-23)12-22-5-4-15-16-10-19(25-2)20(26-3)11-18(16)28-21(24)17(15)13-22/h10-11,14H,4-9,12-13H2,1-3H3. The number of morpholine rings is 1. The quantitative estimate of drug-likeness (QED) is 0.725. The average molecular weight is 388 g/mol. The van der Waals surface area contributed by atoms with E-state index in [2.05, 4.69) is 16.7 Å². The topological polar surface area (TPSA) is 64.4 Å². The van der Waals surface area contributed by atoms with Gasteiger partial charge in [-0.05, 0) is 25.0 Å². The summed E-state index contributed by atoms with van der Waals surface area (Å²) >= 11 is 0. The van der Waals surface area contributed by atoms with E-state index in [9.17, 15) is 4.79 Å². The first-order chi connectivity index (χ1) is 13.6. The average Bonchev–Trinajstić information content (AvgIpc) is 2.73. The van der Waals surface area contributed by atoms with Crippen molar-refractivity contribution in [2.24, 2.45) is 0 Å². The van der Waals surface area contributed by atoms with E-state index in [1.165, 1.54) is 0 Å². The van der Waals surface area contributed by atoms with E-state index in [-0.39, 0.29) is 5.63 Å². The highest BCUT2D eigenvalue weighted by Gasteiger charge is 2.26. The Morgan fingerprint density at radius 3 is 2.50 bits per heavy atom. The first kappa shape index (κ1) is 19.2. The second-order valence-corrected chi connectivity index (χ2v) is 7.53. The molecule has 28 heavy (non-hydrogen) atoms. The van der Waals surface area contributed by atoms with Crippen molar-refractivity contribution in [3.8, 4) is 11.5 Å². The molecule has 2 aliphatic heterocycles. The zero-order chi connectivity index (χ0) is 19.7. The predicted octanol–water partition coefficient (Wildman–Crippen LogP) is 1.89. The van der Waals surface area contributed by atoms with Crippen LogP contribution in [0.1, 0.15) is 18.1 Å². The molecule has 1 atom stereocenters. The van der Waals surface area contributed by atoms with Gasteiger partial charge >= 0.3 is 5.63 Å². The molecule has 2 aromatic rings. The minimum atomic E-state index is -0.251. The van der Waals surface area contributed by atoms with Crippen LogP contribution in [0.15, 0.2) is 21.3 Å². The summed E-state index contributed by atoms with van der Waals surface area (Å²) in [6.07, 6.45) is 0.822. The molecular formula is C21H28N2O5. The van der Waals surface area contributed by atoms with Crippen LogP contribution in [0.2, 0.25) is 0 Å². The van der Waals surface area contributed by atoms with Crippen LogP contribution in [-0.2, 0) is 17.7 Å². The van der Waals surface area contributed by atoms with Crippen molar-refractivity contribution in [3.63, 3.8) is 0 Å². The summed E-state index contributed by atoms with van der Waals surface area (Å²) in [5.74, 6) is 1.21. The van der Waals surface area contributed by atoms with E-state index in [1.54, 1.807) is 20.3 Å². The highest BCUT2D eigenvalue weighted by atomic mass is 16.5. The minimum Gasteiger partial charge on any atom is -0.493 e. The van der Waals surface area contributed by atoms with Crippen molar-refractivity contribution in [1.29, 1.82) is 0 Å². The van der Waals surface area contributed by atoms with E-state index in [1.807, 2.05) is 6.07 Å². The van der Waals surface area contributed by atoms with E-state index in [0.717, 1.165) is 62.3 Å². The Hall–Kier alpha value is -2.09. The molecule has 3 heterocycles. The van der Waals surface area contributed by atoms with Crippen LogP contribution in [0.5, 0.6) is 11.5 Å². The van der Waals surface area contributed by atoms with Gasteiger partial charge in [0.2, 0.25) is 0 Å². The molecule has 0 spiro atoms.